The number of aryl methyl sites for hydroxylation is 1. The Morgan fingerprint density at radius 1 is 1.00 bits per heavy atom. The van der Waals surface area contributed by atoms with Crippen LogP contribution in [-0.2, 0) is 10.0 Å². The van der Waals surface area contributed by atoms with E-state index in [-0.39, 0.29) is 11.9 Å². The number of hydrogen-bond donors (Lipinski definition) is 1. The van der Waals surface area contributed by atoms with Crippen molar-refractivity contribution in [2.75, 3.05) is 13.1 Å². The van der Waals surface area contributed by atoms with Crippen LogP contribution in [0.15, 0.2) is 87.7 Å². The fraction of sp³-hybridized carbons (Fsp3) is 0.250. The summed E-state index contributed by atoms with van der Waals surface area (Å²) in [5.74, 6) is -0.184. The van der Waals surface area contributed by atoms with Gasteiger partial charge in [-0.2, -0.15) is 4.31 Å². The Morgan fingerprint density at radius 2 is 1.69 bits per heavy atom. The van der Waals surface area contributed by atoms with Crippen molar-refractivity contribution in [3.05, 3.63) is 84.1 Å². The van der Waals surface area contributed by atoms with E-state index < -0.39 is 10.0 Å². The second kappa shape index (κ2) is 9.85. The molecule has 0 saturated carbocycles. The molecule has 0 unspecified atom stereocenters. The first-order valence-corrected chi connectivity index (χ1v) is 12.7. The molecule has 1 N–H and O–H groups in total. The maximum Gasteiger partial charge on any atom is 0.254 e. The number of sulfonamides is 1. The Hall–Kier alpha value is -2.68. The minimum atomic E-state index is -3.52. The van der Waals surface area contributed by atoms with Crippen molar-refractivity contribution in [1.29, 1.82) is 0 Å². The van der Waals surface area contributed by atoms with E-state index in [0.717, 1.165) is 10.5 Å². The quantitative estimate of drug-likeness (QED) is 0.590. The second-order valence-corrected chi connectivity index (χ2v) is 10.7. The molecule has 1 fully saturated rings. The lowest BCUT2D eigenvalue weighted by atomic mass is 10.1. The van der Waals surface area contributed by atoms with Gasteiger partial charge in [-0.25, -0.2) is 13.4 Å². The Balaban J connectivity index is 1.39. The van der Waals surface area contributed by atoms with Crippen LogP contribution < -0.4 is 5.32 Å². The van der Waals surface area contributed by atoms with Crippen LogP contribution in [0.3, 0.4) is 0 Å². The van der Waals surface area contributed by atoms with Gasteiger partial charge in [-0.15, -0.1) is 0 Å². The maximum atomic E-state index is 13.0. The van der Waals surface area contributed by atoms with Crippen molar-refractivity contribution in [1.82, 2.24) is 14.6 Å². The van der Waals surface area contributed by atoms with Crippen LogP contribution in [-0.4, -0.2) is 42.7 Å². The van der Waals surface area contributed by atoms with E-state index in [0.29, 0.717) is 41.4 Å². The molecule has 6 nitrogen and oxygen atoms in total. The summed E-state index contributed by atoms with van der Waals surface area (Å²) in [4.78, 5) is 18.7. The third-order valence-corrected chi connectivity index (χ3v) is 8.36. The van der Waals surface area contributed by atoms with E-state index in [4.69, 9.17) is 0 Å². The lowest BCUT2D eigenvalue weighted by Crippen LogP contribution is -2.46. The highest BCUT2D eigenvalue weighted by Crippen LogP contribution is 2.28. The van der Waals surface area contributed by atoms with Crippen molar-refractivity contribution >= 4 is 27.7 Å². The average Bonchev–Trinajstić information content (AvgIpc) is 2.81. The third-order valence-electron chi connectivity index (χ3n) is 5.42. The molecule has 1 aromatic heterocycles. The Labute approximate surface area is 193 Å². The summed E-state index contributed by atoms with van der Waals surface area (Å²) >= 11 is 1.45. The Bertz CT molecular complexity index is 1170. The molecule has 8 heteroatoms. The normalized spacial score (nSPS) is 15.4. The van der Waals surface area contributed by atoms with Gasteiger partial charge in [0.25, 0.3) is 5.91 Å². The average molecular weight is 468 g/mol. The molecule has 0 atom stereocenters. The van der Waals surface area contributed by atoms with Crippen LogP contribution >= 0.6 is 11.8 Å². The predicted molar refractivity (Wildman–Crippen MR) is 125 cm³/mol. The van der Waals surface area contributed by atoms with E-state index in [9.17, 15) is 13.2 Å². The zero-order valence-electron chi connectivity index (χ0n) is 17.8. The zero-order chi connectivity index (χ0) is 22.6. The topological polar surface area (TPSA) is 79.4 Å². The van der Waals surface area contributed by atoms with Crippen LogP contribution in [0.2, 0.25) is 0 Å². The lowest BCUT2D eigenvalue weighted by Gasteiger charge is -2.31. The molecule has 166 valence electrons. The molecule has 3 aromatic rings. The number of amides is 1. The smallest absolute Gasteiger partial charge is 0.254 e. The summed E-state index contributed by atoms with van der Waals surface area (Å²) < 4.78 is 27.3. The molecule has 0 bridgehead atoms. The first kappa shape index (κ1) is 22.5. The van der Waals surface area contributed by atoms with Crippen LogP contribution in [0.25, 0.3) is 0 Å². The molecule has 2 heterocycles. The highest BCUT2D eigenvalue weighted by Gasteiger charge is 2.30. The third kappa shape index (κ3) is 5.20. The molecular weight excluding hydrogens is 442 g/mol. The highest BCUT2D eigenvalue weighted by atomic mass is 32.2. The van der Waals surface area contributed by atoms with Gasteiger partial charge in [-0.3, -0.25) is 4.79 Å². The van der Waals surface area contributed by atoms with E-state index in [1.54, 1.807) is 42.6 Å². The number of carbonyl (C=O) groups is 1. The van der Waals surface area contributed by atoms with Crippen LogP contribution in [0.1, 0.15) is 28.8 Å². The van der Waals surface area contributed by atoms with Gasteiger partial charge in [0.2, 0.25) is 10.0 Å². The predicted octanol–water partition coefficient (Wildman–Crippen LogP) is 4.12. The van der Waals surface area contributed by atoms with Gasteiger partial charge in [0.15, 0.2) is 0 Å². The highest BCUT2D eigenvalue weighted by molar-refractivity contribution is 7.99. The minimum absolute atomic E-state index is 0.0817. The van der Waals surface area contributed by atoms with Gasteiger partial charge >= 0.3 is 0 Å². The Kier molecular flexibility index (Phi) is 6.93. The van der Waals surface area contributed by atoms with E-state index >= 15 is 0 Å². The summed E-state index contributed by atoms with van der Waals surface area (Å²) in [7, 11) is -3.52. The van der Waals surface area contributed by atoms with Crippen molar-refractivity contribution in [3.63, 3.8) is 0 Å². The molecule has 2 aromatic carbocycles. The van der Waals surface area contributed by atoms with Gasteiger partial charge in [0.05, 0.1) is 10.5 Å². The number of hydrogen-bond acceptors (Lipinski definition) is 5. The zero-order valence-corrected chi connectivity index (χ0v) is 19.4. The van der Waals surface area contributed by atoms with Crippen molar-refractivity contribution in [2.45, 2.75) is 40.6 Å². The largest absolute Gasteiger partial charge is 0.349 e. The van der Waals surface area contributed by atoms with E-state index in [1.807, 2.05) is 37.3 Å². The SMILES string of the molecule is Cc1ccc(S(=O)(=O)N2CCC(NC(=O)c3cccnc3Sc3ccccc3)CC2)cc1. The fourth-order valence-corrected chi connectivity index (χ4v) is 5.98. The van der Waals surface area contributed by atoms with E-state index in [1.165, 1.54) is 16.1 Å². The number of nitrogens with zero attached hydrogens (tertiary/aromatic N) is 2. The van der Waals surface area contributed by atoms with E-state index in [2.05, 4.69) is 10.3 Å². The molecule has 1 saturated heterocycles. The maximum absolute atomic E-state index is 13.0. The number of pyridine rings is 1. The molecule has 0 spiro atoms. The summed E-state index contributed by atoms with van der Waals surface area (Å²) in [5, 5.41) is 3.72. The number of rotatable bonds is 6. The monoisotopic (exact) mass is 467 g/mol. The first-order valence-electron chi connectivity index (χ1n) is 10.5. The summed E-state index contributed by atoms with van der Waals surface area (Å²) in [6.07, 6.45) is 2.81. The van der Waals surface area contributed by atoms with Gasteiger partial charge < -0.3 is 5.32 Å². The summed E-state index contributed by atoms with van der Waals surface area (Å²) in [6, 6.07) is 20.1. The molecule has 1 aliphatic rings. The minimum Gasteiger partial charge on any atom is -0.349 e. The summed E-state index contributed by atoms with van der Waals surface area (Å²) in [6.45, 7) is 2.68. The first-order chi connectivity index (χ1) is 15.4. The van der Waals surface area contributed by atoms with Gasteiger partial charge in [0.1, 0.15) is 5.03 Å². The number of aromatic nitrogens is 1. The molecule has 0 radical (unpaired) electrons. The molecule has 1 aliphatic heterocycles. The van der Waals surface area contributed by atoms with Crippen LogP contribution in [0.4, 0.5) is 0 Å². The van der Waals surface area contributed by atoms with Crippen molar-refractivity contribution in [3.8, 4) is 0 Å². The van der Waals surface area contributed by atoms with Crippen molar-refractivity contribution < 1.29 is 13.2 Å². The van der Waals surface area contributed by atoms with Crippen molar-refractivity contribution in [2.24, 2.45) is 0 Å². The molecule has 32 heavy (non-hydrogen) atoms. The number of carbonyl (C=O) groups excluding carboxylic acids is 1. The van der Waals surface area contributed by atoms with Crippen LogP contribution in [0, 0.1) is 6.92 Å². The van der Waals surface area contributed by atoms with Crippen LogP contribution in [0.5, 0.6) is 0 Å². The molecular formula is C24H25N3O3S2. The van der Waals surface area contributed by atoms with Gasteiger partial charge in [0, 0.05) is 30.2 Å². The molecule has 4 rings (SSSR count). The van der Waals surface area contributed by atoms with Gasteiger partial charge in [-0.1, -0.05) is 47.7 Å². The number of nitrogens with one attached hydrogen (secondary N) is 1. The summed E-state index contributed by atoms with van der Waals surface area (Å²) in [5.41, 5.74) is 1.54. The molecule has 0 aliphatic carbocycles. The Morgan fingerprint density at radius 3 is 2.38 bits per heavy atom. The van der Waals surface area contributed by atoms with Gasteiger partial charge in [-0.05, 0) is 56.2 Å². The number of benzene rings is 2. The second-order valence-electron chi connectivity index (χ2n) is 7.74. The number of piperidine rings is 1. The fourth-order valence-electron chi connectivity index (χ4n) is 3.61. The lowest BCUT2D eigenvalue weighted by molar-refractivity contribution is 0.0920. The molecule has 1 amide bonds. The standard InChI is InChI=1S/C24H25N3O3S2/c1-18-9-11-21(12-10-18)32(29,30)27-16-13-19(14-17-27)26-23(28)22-8-5-15-25-24(22)31-20-6-3-2-4-7-20/h2-12,15,19H,13-14,16-17H2,1H3,(H,26,28).